The zero-order valence-electron chi connectivity index (χ0n) is 8.34. The normalized spacial score (nSPS) is 11.0. The monoisotopic (exact) mass is 182 g/mol. The van der Waals surface area contributed by atoms with Crippen molar-refractivity contribution in [2.24, 2.45) is 0 Å². The van der Waals surface area contributed by atoms with Crippen molar-refractivity contribution in [3.8, 4) is 0 Å². The first-order valence-electron chi connectivity index (χ1n) is 4.75. The van der Waals surface area contributed by atoms with Crippen LogP contribution in [-0.2, 0) is 6.54 Å². The van der Waals surface area contributed by atoms with Crippen LogP contribution in [0, 0.1) is 0 Å². The molecule has 3 heteroatoms. The average Bonchev–Trinajstić information content (AvgIpc) is 2.55. The van der Waals surface area contributed by atoms with E-state index in [1.54, 1.807) is 6.26 Å². The number of hydrogen-bond donors (Lipinski definition) is 2. The van der Waals surface area contributed by atoms with Gasteiger partial charge in [0.05, 0.1) is 12.8 Å². The molecule has 1 aromatic heterocycles. The van der Waals surface area contributed by atoms with Crippen molar-refractivity contribution in [1.29, 1.82) is 0 Å². The van der Waals surface area contributed by atoms with Gasteiger partial charge in [-0.05, 0) is 12.1 Å². The zero-order valence-corrected chi connectivity index (χ0v) is 8.34. The van der Waals surface area contributed by atoms with Crippen molar-refractivity contribution in [1.82, 2.24) is 10.6 Å². The molecule has 1 rings (SSSR count). The Morgan fingerprint density at radius 2 is 2.23 bits per heavy atom. The topological polar surface area (TPSA) is 37.2 Å². The van der Waals surface area contributed by atoms with E-state index in [4.69, 9.17) is 4.42 Å². The summed E-state index contributed by atoms with van der Waals surface area (Å²) in [4.78, 5) is 0. The highest BCUT2D eigenvalue weighted by Crippen LogP contribution is 1.97. The molecule has 0 spiro atoms. The van der Waals surface area contributed by atoms with E-state index in [0.717, 1.165) is 25.4 Å². The van der Waals surface area contributed by atoms with Crippen LogP contribution in [0.3, 0.4) is 0 Å². The summed E-state index contributed by atoms with van der Waals surface area (Å²) in [6, 6.07) is 4.44. The van der Waals surface area contributed by atoms with Crippen LogP contribution in [0.15, 0.2) is 22.8 Å². The summed E-state index contributed by atoms with van der Waals surface area (Å²) >= 11 is 0. The second-order valence-electron chi connectivity index (χ2n) is 3.36. The van der Waals surface area contributed by atoms with Crippen LogP contribution >= 0.6 is 0 Å². The van der Waals surface area contributed by atoms with Gasteiger partial charge in [0.2, 0.25) is 0 Å². The molecule has 0 aromatic carbocycles. The highest BCUT2D eigenvalue weighted by atomic mass is 16.3. The third-order valence-corrected chi connectivity index (χ3v) is 1.73. The number of furan rings is 1. The molecule has 0 amide bonds. The minimum Gasteiger partial charge on any atom is -0.468 e. The Morgan fingerprint density at radius 3 is 2.85 bits per heavy atom. The quantitative estimate of drug-likeness (QED) is 0.652. The Morgan fingerprint density at radius 1 is 1.38 bits per heavy atom. The molecule has 0 bridgehead atoms. The molecule has 0 radical (unpaired) electrons. The van der Waals surface area contributed by atoms with Gasteiger partial charge in [-0.15, -0.1) is 0 Å². The molecular formula is C10H18N2O. The van der Waals surface area contributed by atoms with Crippen LogP contribution in [0.1, 0.15) is 19.6 Å². The first kappa shape index (κ1) is 10.3. The summed E-state index contributed by atoms with van der Waals surface area (Å²) < 4.78 is 5.18. The maximum Gasteiger partial charge on any atom is 0.117 e. The fraction of sp³-hybridized carbons (Fsp3) is 0.600. The van der Waals surface area contributed by atoms with Crippen molar-refractivity contribution in [2.45, 2.75) is 26.4 Å². The largest absolute Gasteiger partial charge is 0.468 e. The van der Waals surface area contributed by atoms with Gasteiger partial charge in [0.25, 0.3) is 0 Å². The molecule has 74 valence electrons. The van der Waals surface area contributed by atoms with Crippen LogP contribution < -0.4 is 10.6 Å². The molecule has 3 nitrogen and oxygen atoms in total. The average molecular weight is 182 g/mol. The van der Waals surface area contributed by atoms with Gasteiger partial charge >= 0.3 is 0 Å². The van der Waals surface area contributed by atoms with Crippen LogP contribution in [0.5, 0.6) is 0 Å². The summed E-state index contributed by atoms with van der Waals surface area (Å²) in [6.45, 7) is 7.07. The predicted octanol–water partition coefficient (Wildman–Crippen LogP) is 1.37. The van der Waals surface area contributed by atoms with Gasteiger partial charge in [0.15, 0.2) is 0 Å². The number of hydrogen-bond acceptors (Lipinski definition) is 3. The molecule has 2 N–H and O–H groups in total. The molecule has 1 aromatic rings. The van der Waals surface area contributed by atoms with Gasteiger partial charge < -0.3 is 15.1 Å². The minimum atomic E-state index is 0.561. The van der Waals surface area contributed by atoms with Crippen molar-refractivity contribution in [3.63, 3.8) is 0 Å². The molecule has 0 saturated heterocycles. The van der Waals surface area contributed by atoms with Gasteiger partial charge in [0, 0.05) is 19.1 Å². The highest BCUT2D eigenvalue weighted by molar-refractivity contribution is 4.97. The fourth-order valence-corrected chi connectivity index (χ4v) is 1.07. The van der Waals surface area contributed by atoms with E-state index in [0.29, 0.717) is 6.04 Å². The maximum absolute atomic E-state index is 5.18. The Kier molecular flexibility index (Phi) is 4.57. The molecule has 0 aliphatic carbocycles. The summed E-state index contributed by atoms with van der Waals surface area (Å²) in [5.41, 5.74) is 0. The second-order valence-corrected chi connectivity index (χ2v) is 3.36. The Hall–Kier alpha value is -0.800. The molecule has 0 aliphatic heterocycles. The number of rotatable bonds is 6. The van der Waals surface area contributed by atoms with Crippen LogP contribution in [0.25, 0.3) is 0 Å². The SMILES string of the molecule is CC(C)NCCNCc1ccco1. The van der Waals surface area contributed by atoms with E-state index in [1.165, 1.54) is 0 Å². The maximum atomic E-state index is 5.18. The highest BCUT2D eigenvalue weighted by Gasteiger charge is 1.94. The van der Waals surface area contributed by atoms with Crippen LogP contribution in [0.2, 0.25) is 0 Å². The molecule has 13 heavy (non-hydrogen) atoms. The van der Waals surface area contributed by atoms with Gasteiger partial charge in [-0.3, -0.25) is 0 Å². The summed E-state index contributed by atoms with van der Waals surface area (Å²) in [5, 5.41) is 6.62. The van der Waals surface area contributed by atoms with E-state index in [1.807, 2.05) is 12.1 Å². The second kappa shape index (κ2) is 5.78. The van der Waals surface area contributed by atoms with Gasteiger partial charge in [-0.25, -0.2) is 0 Å². The zero-order chi connectivity index (χ0) is 9.52. The minimum absolute atomic E-state index is 0.561. The third-order valence-electron chi connectivity index (χ3n) is 1.73. The Balaban J connectivity index is 1.96. The van der Waals surface area contributed by atoms with Gasteiger partial charge in [-0.1, -0.05) is 13.8 Å². The lowest BCUT2D eigenvalue weighted by Crippen LogP contribution is -2.31. The molecule has 0 fully saturated rings. The van der Waals surface area contributed by atoms with Crippen LogP contribution in [0.4, 0.5) is 0 Å². The summed E-state index contributed by atoms with van der Waals surface area (Å²) in [5.74, 6) is 0.990. The third kappa shape index (κ3) is 4.70. The summed E-state index contributed by atoms with van der Waals surface area (Å²) in [6.07, 6.45) is 1.70. The van der Waals surface area contributed by atoms with E-state index in [9.17, 15) is 0 Å². The standard InChI is InChI=1S/C10H18N2O/c1-9(2)12-6-5-11-8-10-4-3-7-13-10/h3-4,7,9,11-12H,5-6,8H2,1-2H3. The first-order chi connectivity index (χ1) is 6.29. The van der Waals surface area contributed by atoms with Crippen molar-refractivity contribution in [2.75, 3.05) is 13.1 Å². The Labute approximate surface area is 79.5 Å². The predicted molar refractivity (Wildman–Crippen MR) is 53.6 cm³/mol. The molecule has 0 aliphatic rings. The van der Waals surface area contributed by atoms with E-state index < -0.39 is 0 Å². The lowest BCUT2D eigenvalue weighted by atomic mass is 10.4. The molecule has 0 saturated carbocycles. The van der Waals surface area contributed by atoms with E-state index in [-0.39, 0.29) is 0 Å². The van der Waals surface area contributed by atoms with Crippen molar-refractivity contribution in [3.05, 3.63) is 24.2 Å². The van der Waals surface area contributed by atoms with E-state index >= 15 is 0 Å². The van der Waals surface area contributed by atoms with Gasteiger partial charge in [0.1, 0.15) is 5.76 Å². The van der Waals surface area contributed by atoms with E-state index in [2.05, 4.69) is 24.5 Å². The van der Waals surface area contributed by atoms with Gasteiger partial charge in [-0.2, -0.15) is 0 Å². The first-order valence-corrected chi connectivity index (χ1v) is 4.75. The lowest BCUT2D eigenvalue weighted by Gasteiger charge is -2.07. The molecule has 0 unspecified atom stereocenters. The fourth-order valence-electron chi connectivity index (χ4n) is 1.07. The molecular weight excluding hydrogens is 164 g/mol. The Bertz CT molecular complexity index is 207. The van der Waals surface area contributed by atoms with Crippen molar-refractivity contribution < 1.29 is 4.42 Å². The van der Waals surface area contributed by atoms with Crippen LogP contribution in [-0.4, -0.2) is 19.1 Å². The molecule has 0 atom stereocenters. The van der Waals surface area contributed by atoms with Crippen molar-refractivity contribution >= 4 is 0 Å². The number of nitrogens with one attached hydrogen (secondary N) is 2. The lowest BCUT2D eigenvalue weighted by molar-refractivity contribution is 0.475. The summed E-state index contributed by atoms with van der Waals surface area (Å²) in [7, 11) is 0. The smallest absolute Gasteiger partial charge is 0.117 e. The molecule has 1 heterocycles.